The molecule has 0 spiro atoms. The molecule has 0 saturated carbocycles. The lowest BCUT2D eigenvalue weighted by Crippen LogP contribution is -2.13. The molecule has 9 heavy (non-hydrogen) atoms. The molecule has 0 heterocycles. The molecule has 0 aliphatic carbocycles. The van der Waals surface area contributed by atoms with Gasteiger partial charge in [0.25, 0.3) is 4.59 Å². The first-order valence-electron chi connectivity index (χ1n) is 2.22. The zero-order valence-corrected chi connectivity index (χ0v) is 8.24. The van der Waals surface area contributed by atoms with Gasteiger partial charge in [0.1, 0.15) is 0 Å². The summed E-state index contributed by atoms with van der Waals surface area (Å²) in [5.41, 5.74) is 0. The Morgan fingerprint density at radius 2 is 2.00 bits per heavy atom. The van der Waals surface area contributed by atoms with E-state index < -0.39 is 4.59 Å². The van der Waals surface area contributed by atoms with Gasteiger partial charge in [0, 0.05) is 17.1 Å². The molecule has 5 heteroatoms. The van der Waals surface area contributed by atoms with Gasteiger partial charge in [0.2, 0.25) is 0 Å². The molecule has 0 aromatic rings. The molecule has 0 aromatic carbocycles. The fourth-order valence-corrected chi connectivity index (χ4v) is 1.61. The highest BCUT2D eigenvalue weighted by Crippen LogP contribution is 2.30. The van der Waals surface area contributed by atoms with Crippen LogP contribution in [0.4, 0.5) is 4.39 Å². The molecule has 0 aliphatic heterocycles. The van der Waals surface area contributed by atoms with Crippen molar-refractivity contribution in [3.63, 3.8) is 0 Å². The second kappa shape index (κ2) is 4.22. The maximum atomic E-state index is 12.3. The summed E-state index contributed by atoms with van der Waals surface area (Å²) >= 11 is 18.4. The molecule has 0 bridgehead atoms. The molecule has 0 saturated heterocycles. The molecule has 0 rings (SSSR count). The van der Waals surface area contributed by atoms with Crippen molar-refractivity contribution in [3.05, 3.63) is 0 Å². The molecule has 0 fully saturated rings. The van der Waals surface area contributed by atoms with Gasteiger partial charge in [-0.25, -0.2) is 4.39 Å². The second-order valence-electron chi connectivity index (χ2n) is 1.57. The third-order valence-corrected chi connectivity index (χ3v) is 2.32. The van der Waals surface area contributed by atoms with Crippen LogP contribution in [0.3, 0.4) is 0 Å². The number of hydrogen-bond donors (Lipinski definition) is 0. The Balaban J connectivity index is 3.47. The van der Waals surface area contributed by atoms with Crippen LogP contribution < -0.4 is 0 Å². The number of alkyl halides is 5. The summed E-state index contributed by atoms with van der Waals surface area (Å²) in [5.74, 6) is 0.297. The van der Waals surface area contributed by atoms with Gasteiger partial charge in [-0.1, -0.05) is 39.1 Å². The molecule has 0 N–H and O–H groups in total. The van der Waals surface area contributed by atoms with E-state index in [0.29, 0.717) is 5.88 Å². The molecule has 1 unspecified atom stereocenters. The molecule has 0 amide bonds. The first kappa shape index (κ1) is 10.3. The van der Waals surface area contributed by atoms with E-state index in [9.17, 15) is 4.39 Å². The van der Waals surface area contributed by atoms with Gasteiger partial charge in [-0.3, -0.25) is 0 Å². The van der Waals surface area contributed by atoms with Crippen LogP contribution in [0.1, 0.15) is 6.42 Å². The summed E-state index contributed by atoms with van der Waals surface area (Å²) < 4.78 is 10.1. The van der Waals surface area contributed by atoms with Gasteiger partial charge in [-0.2, -0.15) is 0 Å². The average molecular weight is 258 g/mol. The van der Waals surface area contributed by atoms with Gasteiger partial charge in [0.05, 0.1) is 0 Å². The first-order valence-corrected chi connectivity index (χ1v) is 4.43. The van der Waals surface area contributed by atoms with Crippen molar-refractivity contribution in [3.8, 4) is 0 Å². The normalized spacial score (nSPS) is 15.7. The van der Waals surface area contributed by atoms with E-state index in [-0.39, 0.29) is 11.2 Å². The molecule has 1 atom stereocenters. The summed E-state index contributed by atoms with van der Waals surface area (Å²) in [6.07, 6.45) is -0.000386. The molecular weight excluding hydrogens is 253 g/mol. The molecule has 56 valence electrons. The van der Waals surface area contributed by atoms with Crippen LogP contribution in [0.25, 0.3) is 0 Å². The summed E-state index contributed by atoms with van der Waals surface area (Å²) in [4.78, 5) is -0.167. The SMILES string of the molecule is FC(Cl)(Cl)CC(Br)CCl. The Morgan fingerprint density at radius 1 is 1.56 bits per heavy atom. The average Bonchev–Trinajstić information content (AvgIpc) is 1.62. The summed E-state index contributed by atoms with van der Waals surface area (Å²) in [6.45, 7) is 0. The lowest BCUT2D eigenvalue weighted by Gasteiger charge is -2.11. The minimum absolute atomic E-state index is 0.000386. The maximum Gasteiger partial charge on any atom is 0.258 e. The van der Waals surface area contributed by atoms with Crippen molar-refractivity contribution in [2.75, 3.05) is 5.88 Å². The summed E-state index contributed by atoms with van der Waals surface area (Å²) in [5, 5.41) is 0. The van der Waals surface area contributed by atoms with E-state index in [0.717, 1.165) is 0 Å². The van der Waals surface area contributed by atoms with Gasteiger partial charge >= 0.3 is 0 Å². The maximum absolute atomic E-state index is 12.3. The van der Waals surface area contributed by atoms with Crippen molar-refractivity contribution in [2.45, 2.75) is 15.8 Å². The smallest absolute Gasteiger partial charge is 0.208 e. The van der Waals surface area contributed by atoms with Crippen LogP contribution in [0.5, 0.6) is 0 Å². The van der Waals surface area contributed by atoms with E-state index in [1.807, 2.05) is 0 Å². The number of rotatable bonds is 3. The Labute approximate surface area is 76.8 Å². The fourth-order valence-electron chi connectivity index (χ4n) is 0.306. The highest BCUT2D eigenvalue weighted by molar-refractivity contribution is 9.09. The predicted octanol–water partition coefficient (Wildman–Crippen LogP) is 3.48. The third-order valence-electron chi connectivity index (χ3n) is 0.620. The van der Waals surface area contributed by atoms with Crippen LogP contribution in [-0.4, -0.2) is 15.3 Å². The zero-order valence-electron chi connectivity index (χ0n) is 4.38. The Kier molecular flexibility index (Phi) is 4.82. The third kappa shape index (κ3) is 7.17. The Morgan fingerprint density at radius 3 is 2.11 bits per heavy atom. The largest absolute Gasteiger partial charge is 0.258 e. The minimum Gasteiger partial charge on any atom is -0.208 e. The summed E-state index contributed by atoms with van der Waals surface area (Å²) in [6, 6.07) is 0. The van der Waals surface area contributed by atoms with E-state index in [2.05, 4.69) is 15.9 Å². The van der Waals surface area contributed by atoms with Crippen LogP contribution in [-0.2, 0) is 0 Å². The van der Waals surface area contributed by atoms with Gasteiger partial charge in [0.15, 0.2) is 0 Å². The zero-order chi connectivity index (χ0) is 7.49. The highest BCUT2D eigenvalue weighted by Gasteiger charge is 2.25. The van der Waals surface area contributed by atoms with Gasteiger partial charge in [-0.05, 0) is 0 Å². The van der Waals surface area contributed by atoms with Crippen molar-refractivity contribution < 1.29 is 4.39 Å². The van der Waals surface area contributed by atoms with Crippen LogP contribution in [0, 0.1) is 0 Å². The monoisotopic (exact) mass is 256 g/mol. The Hall–Kier alpha value is 1.28. The molecule has 0 radical (unpaired) electrons. The molecule has 0 aliphatic rings. The minimum atomic E-state index is -2.16. The van der Waals surface area contributed by atoms with Gasteiger partial charge < -0.3 is 0 Å². The van der Waals surface area contributed by atoms with Crippen molar-refractivity contribution >= 4 is 50.7 Å². The fraction of sp³-hybridized carbons (Fsp3) is 1.00. The number of hydrogen-bond acceptors (Lipinski definition) is 0. The molecular formula is C4H5BrCl3F. The highest BCUT2D eigenvalue weighted by atomic mass is 79.9. The Bertz CT molecular complexity index is 82.4. The summed E-state index contributed by atoms with van der Waals surface area (Å²) in [7, 11) is 0. The lowest BCUT2D eigenvalue weighted by molar-refractivity contribution is 0.373. The van der Waals surface area contributed by atoms with E-state index in [1.54, 1.807) is 0 Å². The van der Waals surface area contributed by atoms with Crippen LogP contribution >= 0.6 is 50.7 Å². The quantitative estimate of drug-likeness (QED) is 0.680. The van der Waals surface area contributed by atoms with Crippen molar-refractivity contribution in [1.82, 2.24) is 0 Å². The molecule has 0 aromatic heterocycles. The standard InChI is InChI=1S/C4H5BrCl3F/c5-3(2-6)1-4(7,8)9/h3H,1-2H2. The lowest BCUT2D eigenvalue weighted by atomic mass is 10.4. The first-order chi connectivity index (χ1) is 3.95. The number of halogens is 5. The second-order valence-corrected chi connectivity index (χ2v) is 4.57. The van der Waals surface area contributed by atoms with E-state index in [1.165, 1.54) is 0 Å². The topological polar surface area (TPSA) is 0 Å². The van der Waals surface area contributed by atoms with E-state index >= 15 is 0 Å². The van der Waals surface area contributed by atoms with Crippen LogP contribution in [0.15, 0.2) is 0 Å². The van der Waals surface area contributed by atoms with E-state index in [4.69, 9.17) is 34.8 Å². The molecule has 0 nitrogen and oxygen atoms in total. The van der Waals surface area contributed by atoms with Crippen molar-refractivity contribution in [2.24, 2.45) is 0 Å². The van der Waals surface area contributed by atoms with Gasteiger partial charge in [-0.15, -0.1) is 11.6 Å². The van der Waals surface area contributed by atoms with Crippen molar-refractivity contribution in [1.29, 1.82) is 0 Å². The van der Waals surface area contributed by atoms with Crippen LogP contribution in [0.2, 0.25) is 0 Å². The predicted molar refractivity (Wildman–Crippen MR) is 43.6 cm³/mol.